The Bertz CT molecular complexity index is 358. The SMILES string of the molecule is CC(CC1CCC2OC(C)(C)CCC2C1)C1CCCC1N.CO. The van der Waals surface area contributed by atoms with Gasteiger partial charge in [0.05, 0.1) is 11.7 Å². The highest BCUT2D eigenvalue weighted by atomic mass is 16.5. The Morgan fingerprint density at radius 2 is 1.87 bits per heavy atom. The van der Waals surface area contributed by atoms with Crippen LogP contribution in [0.4, 0.5) is 0 Å². The van der Waals surface area contributed by atoms with Crippen LogP contribution in [0.1, 0.15) is 78.6 Å². The molecule has 3 rings (SSSR count). The predicted molar refractivity (Wildman–Crippen MR) is 96.3 cm³/mol. The summed E-state index contributed by atoms with van der Waals surface area (Å²) in [6.07, 6.45) is 12.6. The van der Waals surface area contributed by atoms with Gasteiger partial charge in [0.15, 0.2) is 0 Å². The van der Waals surface area contributed by atoms with Gasteiger partial charge in [-0.25, -0.2) is 0 Å². The number of nitrogens with two attached hydrogens (primary N) is 1. The van der Waals surface area contributed by atoms with Gasteiger partial charge in [0.1, 0.15) is 0 Å². The Balaban J connectivity index is 0.000000924. The zero-order chi connectivity index (χ0) is 17.0. The van der Waals surface area contributed by atoms with Crippen molar-refractivity contribution in [2.45, 2.75) is 96.3 Å². The van der Waals surface area contributed by atoms with Crippen LogP contribution in [-0.4, -0.2) is 30.0 Å². The molecule has 3 N–H and O–H groups in total. The molecule has 2 saturated carbocycles. The van der Waals surface area contributed by atoms with Gasteiger partial charge in [0.25, 0.3) is 0 Å². The maximum Gasteiger partial charge on any atom is 0.0630 e. The smallest absolute Gasteiger partial charge is 0.0630 e. The molecule has 0 bridgehead atoms. The lowest BCUT2D eigenvalue weighted by Gasteiger charge is -2.46. The molecule has 1 saturated heterocycles. The molecule has 0 aromatic rings. The second-order valence-corrected chi connectivity index (χ2v) is 8.87. The first-order chi connectivity index (χ1) is 10.9. The van der Waals surface area contributed by atoms with Gasteiger partial charge in [-0.15, -0.1) is 0 Å². The largest absolute Gasteiger partial charge is 0.400 e. The van der Waals surface area contributed by atoms with E-state index >= 15 is 0 Å². The third kappa shape index (κ3) is 4.93. The Kier molecular flexibility index (Phi) is 6.94. The number of rotatable bonds is 3. The van der Waals surface area contributed by atoms with Crippen LogP contribution in [0.3, 0.4) is 0 Å². The van der Waals surface area contributed by atoms with E-state index in [1.165, 1.54) is 57.8 Å². The molecule has 0 amide bonds. The average Bonchev–Trinajstić information content (AvgIpc) is 2.95. The van der Waals surface area contributed by atoms with Crippen LogP contribution in [-0.2, 0) is 4.74 Å². The van der Waals surface area contributed by atoms with Crippen LogP contribution in [0.25, 0.3) is 0 Å². The van der Waals surface area contributed by atoms with Crippen LogP contribution in [0.15, 0.2) is 0 Å². The fourth-order valence-corrected chi connectivity index (χ4v) is 5.43. The lowest BCUT2D eigenvalue weighted by atomic mass is 9.70. The molecule has 1 aliphatic heterocycles. The van der Waals surface area contributed by atoms with Crippen LogP contribution < -0.4 is 5.73 Å². The number of aliphatic hydroxyl groups is 1. The van der Waals surface area contributed by atoms with Crippen molar-refractivity contribution >= 4 is 0 Å². The molecule has 136 valence electrons. The summed E-state index contributed by atoms with van der Waals surface area (Å²) in [4.78, 5) is 0. The van der Waals surface area contributed by atoms with Crippen molar-refractivity contribution in [3.05, 3.63) is 0 Å². The number of hydrogen-bond acceptors (Lipinski definition) is 3. The minimum atomic E-state index is 0.123. The quantitative estimate of drug-likeness (QED) is 0.820. The third-order valence-corrected chi connectivity index (χ3v) is 6.67. The van der Waals surface area contributed by atoms with Crippen molar-refractivity contribution in [1.82, 2.24) is 0 Å². The maximum absolute atomic E-state index is 7.00. The molecule has 0 spiro atoms. The van der Waals surface area contributed by atoms with E-state index in [0.29, 0.717) is 12.1 Å². The maximum atomic E-state index is 7.00. The van der Waals surface area contributed by atoms with E-state index in [0.717, 1.165) is 30.8 Å². The van der Waals surface area contributed by atoms with Gasteiger partial charge < -0.3 is 15.6 Å². The topological polar surface area (TPSA) is 55.5 Å². The highest BCUT2D eigenvalue weighted by Crippen LogP contribution is 2.44. The fourth-order valence-electron chi connectivity index (χ4n) is 5.43. The normalized spacial score (nSPS) is 40.7. The highest BCUT2D eigenvalue weighted by molar-refractivity contribution is 4.91. The van der Waals surface area contributed by atoms with Crippen molar-refractivity contribution in [3.8, 4) is 0 Å². The van der Waals surface area contributed by atoms with E-state index in [1.54, 1.807) is 0 Å². The number of hydrogen-bond donors (Lipinski definition) is 2. The summed E-state index contributed by atoms with van der Waals surface area (Å²) in [5.41, 5.74) is 6.42. The zero-order valence-corrected chi connectivity index (χ0v) is 15.8. The van der Waals surface area contributed by atoms with Crippen molar-refractivity contribution < 1.29 is 9.84 Å². The summed E-state index contributed by atoms with van der Waals surface area (Å²) in [6.45, 7) is 6.99. The minimum absolute atomic E-state index is 0.123. The molecule has 6 unspecified atom stereocenters. The molecule has 3 aliphatic rings. The van der Waals surface area contributed by atoms with E-state index in [2.05, 4.69) is 20.8 Å². The molecule has 3 fully saturated rings. The van der Waals surface area contributed by atoms with Gasteiger partial charge in [-0.2, -0.15) is 0 Å². The lowest BCUT2D eigenvalue weighted by molar-refractivity contribution is -0.152. The van der Waals surface area contributed by atoms with E-state index in [-0.39, 0.29) is 5.60 Å². The van der Waals surface area contributed by atoms with Gasteiger partial charge in [-0.1, -0.05) is 13.3 Å². The van der Waals surface area contributed by atoms with Crippen molar-refractivity contribution in [3.63, 3.8) is 0 Å². The summed E-state index contributed by atoms with van der Waals surface area (Å²) in [6, 6.07) is 0.482. The standard InChI is InChI=1S/C19H35NO.CH4O/c1-13(16-5-4-6-17(16)20)11-14-7-8-18-15(12-14)9-10-19(2,3)21-18;1-2/h13-18H,4-12,20H2,1-3H3;2H,1H3. The Morgan fingerprint density at radius 1 is 1.13 bits per heavy atom. The molecular weight excluding hydrogens is 286 g/mol. The predicted octanol–water partition coefficient (Wildman–Crippen LogP) is 4.12. The van der Waals surface area contributed by atoms with Crippen LogP contribution in [0.2, 0.25) is 0 Å². The van der Waals surface area contributed by atoms with Gasteiger partial charge in [0.2, 0.25) is 0 Å². The Hall–Kier alpha value is -0.120. The molecule has 3 heteroatoms. The molecule has 1 heterocycles. The monoisotopic (exact) mass is 325 g/mol. The summed E-state index contributed by atoms with van der Waals surface area (Å²) in [5.74, 6) is 3.38. The summed E-state index contributed by atoms with van der Waals surface area (Å²) < 4.78 is 6.33. The Labute approximate surface area is 143 Å². The van der Waals surface area contributed by atoms with E-state index in [1.807, 2.05) is 0 Å². The fraction of sp³-hybridized carbons (Fsp3) is 1.00. The second kappa shape index (κ2) is 8.31. The van der Waals surface area contributed by atoms with Gasteiger partial charge in [0, 0.05) is 13.2 Å². The first-order valence-corrected chi connectivity index (χ1v) is 9.83. The van der Waals surface area contributed by atoms with Gasteiger partial charge >= 0.3 is 0 Å². The molecule has 0 aromatic heterocycles. The summed E-state index contributed by atoms with van der Waals surface area (Å²) in [7, 11) is 1.00. The van der Waals surface area contributed by atoms with Crippen molar-refractivity contribution in [2.24, 2.45) is 29.4 Å². The molecule has 6 atom stereocenters. The van der Waals surface area contributed by atoms with E-state index in [9.17, 15) is 0 Å². The van der Waals surface area contributed by atoms with Crippen molar-refractivity contribution in [2.75, 3.05) is 7.11 Å². The average molecular weight is 326 g/mol. The van der Waals surface area contributed by atoms with Gasteiger partial charge in [-0.3, -0.25) is 0 Å². The minimum Gasteiger partial charge on any atom is -0.400 e. The zero-order valence-electron chi connectivity index (χ0n) is 15.8. The van der Waals surface area contributed by atoms with E-state index < -0.39 is 0 Å². The third-order valence-electron chi connectivity index (χ3n) is 6.67. The van der Waals surface area contributed by atoms with Crippen molar-refractivity contribution in [1.29, 1.82) is 0 Å². The molecule has 23 heavy (non-hydrogen) atoms. The molecule has 0 aromatic carbocycles. The Morgan fingerprint density at radius 3 is 2.52 bits per heavy atom. The van der Waals surface area contributed by atoms with Crippen LogP contribution in [0, 0.1) is 23.7 Å². The van der Waals surface area contributed by atoms with Gasteiger partial charge in [-0.05, 0) is 88.9 Å². The first-order valence-electron chi connectivity index (χ1n) is 9.83. The molecular formula is C20H39NO2. The van der Waals surface area contributed by atoms with Crippen LogP contribution in [0.5, 0.6) is 0 Å². The first kappa shape index (κ1) is 19.2. The number of fused-ring (bicyclic) bond motifs is 1. The number of ether oxygens (including phenoxy) is 1. The molecule has 0 radical (unpaired) electrons. The lowest BCUT2D eigenvalue weighted by Crippen LogP contribution is -2.44. The highest BCUT2D eigenvalue weighted by Gasteiger charge is 2.40. The van der Waals surface area contributed by atoms with Crippen LogP contribution >= 0.6 is 0 Å². The number of aliphatic hydroxyl groups excluding tert-OH is 1. The second-order valence-electron chi connectivity index (χ2n) is 8.87. The van der Waals surface area contributed by atoms with E-state index in [4.69, 9.17) is 15.6 Å². The molecule has 3 nitrogen and oxygen atoms in total. The summed E-state index contributed by atoms with van der Waals surface area (Å²) in [5, 5.41) is 7.00. The summed E-state index contributed by atoms with van der Waals surface area (Å²) >= 11 is 0. The molecule has 2 aliphatic carbocycles.